The van der Waals surface area contributed by atoms with E-state index in [9.17, 15) is 5.26 Å². The molecule has 0 bridgehead atoms. The molecule has 2 aliphatic rings. The molecule has 3 heteroatoms. The van der Waals surface area contributed by atoms with Crippen LogP contribution in [0.1, 0.15) is 27.8 Å². The van der Waals surface area contributed by atoms with Crippen LogP contribution in [0.2, 0.25) is 0 Å². The molecular weight excluding hydrogens is 667 g/mol. The molecule has 0 atom stereocenters. The van der Waals surface area contributed by atoms with E-state index in [4.69, 9.17) is 9.97 Å². The van der Waals surface area contributed by atoms with Crippen LogP contribution >= 0.6 is 0 Å². The van der Waals surface area contributed by atoms with Gasteiger partial charge < -0.3 is 0 Å². The molecule has 1 aromatic heterocycles. The minimum absolute atomic E-state index is 0.500. The molecule has 2 aliphatic carbocycles. The van der Waals surface area contributed by atoms with Crippen LogP contribution in [-0.4, -0.2) is 9.97 Å². The van der Waals surface area contributed by atoms with Crippen LogP contribution in [0.5, 0.6) is 0 Å². The van der Waals surface area contributed by atoms with Gasteiger partial charge in [-0.3, -0.25) is 0 Å². The van der Waals surface area contributed by atoms with Gasteiger partial charge in [0.1, 0.15) is 0 Å². The summed E-state index contributed by atoms with van der Waals surface area (Å²) in [6.07, 6.45) is 0. The van der Waals surface area contributed by atoms with Crippen molar-refractivity contribution in [3.63, 3.8) is 0 Å². The van der Waals surface area contributed by atoms with E-state index in [1.807, 2.05) is 12.1 Å². The lowest BCUT2D eigenvalue weighted by atomic mass is 9.70. The lowest BCUT2D eigenvalue weighted by molar-refractivity contribution is 0.794. The average Bonchev–Trinajstić information content (AvgIpc) is 3.73. The Morgan fingerprint density at radius 3 is 1.80 bits per heavy atom. The molecule has 0 aliphatic heterocycles. The molecule has 0 saturated heterocycles. The van der Waals surface area contributed by atoms with Gasteiger partial charge in [-0.1, -0.05) is 164 Å². The zero-order valence-electron chi connectivity index (χ0n) is 29.7. The third-order valence-electron chi connectivity index (χ3n) is 11.5. The summed E-state index contributed by atoms with van der Waals surface area (Å²) in [5.74, 6) is 0.668. The Morgan fingerprint density at radius 2 is 0.982 bits per heavy atom. The second kappa shape index (κ2) is 12.1. The molecule has 1 spiro atoms. The summed E-state index contributed by atoms with van der Waals surface area (Å²) in [4.78, 5) is 10.5. The fraction of sp³-hybridized carbons (Fsp3) is 0.0192. The molecule has 3 nitrogen and oxygen atoms in total. The predicted octanol–water partition coefficient (Wildman–Crippen LogP) is 12.5. The van der Waals surface area contributed by atoms with Gasteiger partial charge in [-0.05, 0) is 90.7 Å². The van der Waals surface area contributed by atoms with Crippen molar-refractivity contribution in [1.29, 1.82) is 5.26 Å². The average molecular weight is 698 g/mol. The van der Waals surface area contributed by atoms with E-state index < -0.39 is 5.41 Å². The first-order valence-electron chi connectivity index (χ1n) is 18.6. The van der Waals surface area contributed by atoms with E-state index in [1.54, 1.807) is 0 Å². The Labute approximate surface area is 319 Å². The smallest absolute Gasteiger partial charge is 0.160 e. The van der Waals surface area contributed by atoms with Gasteiger partial charge in [0.05, 0.1) is 28.4 Å². The number of hydrogen-bond donors (Lipinski definition) is 0. The fourth-order valence-electron chi connectivity index (χ4n) is 9.25. The zero-order chi connectivity index (χ0) is 36.5. The lowest BCUT2D eigenvalue weighted by Crippen LogP contribution is -2.25. The van der Waals surface area contributed by atoms with Crippen molar-refractivity contribution in [2.24, 2.45) is 0 Å². The van der Waals surface area contributed by atoms with Gasteiger partial charge in [0.25, 0.3) is 0 Å². The van der Waals surface area contributed by atoms with Crippen LogP contribution in [-0.2, 0) is 5.41 Å². The van der Waals surface area contributed by atoms with Gasteiger partial charge in [-0.2, -0.15) is 5.26 Å². The highest BCUT2D eigenvalue weighted by molar-refractivity contribution is 6.01. The predicted molar refractivity (Wildman–Crippen MR) is 222 cm³/mol. The molecule has 55 heavy (non-hydrogen) atoms. The monoisotopic (exact) mass is 697 g/mol. The summed E-state index contributed by atoms with van der Waals surface area (Å²) in [7, 11) is 0. The lowest BCUT2D eigenvalue weighted by Gasteiger charge is -2.30. The highest BCUT2D eigenvalue weighted by Gasteiger charge is 2.52. The van der Waals surface area contributed by atoms with Gasteiger partial charge in [0, 0.05) is 16.7 Å². The number of rotatable bonds is 4. The van der Waals surface area contributed by atoms with Gasteiger partial charge in [0.2, 0.25) is 0 Å². The van der Waals surface area contributed by atoms with Gasteiger partial charge in [-0.15, -0.1) is 0 Å². The van der Waals surface area contributed by atoms with Gasteiger partial charge in [0.15, 0.2) is 5.82 Å². The Morgan fingerprint density at radius 1 is 0.400 bits per heavy atom. The van der Waals surface area contributed by atoms with Crippen molar-refractivity contribution in [1.82, 2.24) is 9.97 Å². The standard InChI is InChI=1S/C52H31N3/c53-32-33-27-28-46-43(29-33)50-39(22-12-26-47(50)52(46)44-24-8-6-20-40(44)41-21-7-9-25-45(41)52)36-17-10-18-37(30-36)51-54-48(35-14-2-1-3-15-35)31-49(55-51)42-23-11-16-34-13-4-5-19-38(34)42/h1-31H. The summed E-state index contributed by atoms with van der Waals surface area (Å²) in [5.41, 5.74) is 16.9. The van der Waals surface area contributed by atoms with Crippen LogP contribution in [0.3, 0.4) is 0 Å². The molecule has 11 rings (SSSR count). The Kier molecular flexibility index (Phi) is 6.83. The SMILES string of the molecule is N#Cc1ccc2c(c1)-c1c(-c3cccc(-c4nc(-c5ccccc5)cc(-c5cccc6ccccc56)n4)c3)cccc1C21c2ccccc2-c2ccccc21. The largest absolute Gasteiger partial charge is 0.228 e. The normalized spacial score (nSPS) is 12.9. The van der Waals surface area contributed by atoms with Crippen molar-refractivity contribution in [3.8, 4) is 73.4 Å². The van der Waals surface area contributed by atoms with Gasteiger partial charge >= 0.3 is 0 Å². The first-order valence-corrected chi connectivity index (χ1v) is 18.6. The van der Waals surface area contributed by atoms with Crippen LogP contribution in [0, 0.1) is 11.3 Å². The second-order valence-electron chi connectivity index (χ2n) is 14.4. The summed E-state index contributed by atoms with van der Waals surface area (Å²) >= 11 is 0. The summed E-state index contributed by atoms with van der Waals surface area (Å²) in [6, 6.07) is 68.9. The van der Waals surface area contributed by atoms with Gasteiger partial charge in [-0.25, -0.2) is 9.97 Å². The molecule has 1 heterocycles. The molecule has 0 N–H and O–H groups in total. The minimum atomic E-state index is -0.500. The van der Waals surface area contributed by atoms with Crippen molar-refractivity contribution >= 4 is 10.8 Å². The van der Waals surface area contributed by atoms with Crippen LogP contribution < -0.4 is 0 Å². The highest BCUT2D eigenvalue weighted by atomic mass is 14.9. The third-order valence-corrected chi connectivity index (χ3v) is 11.5. The summed E-state index contributed by atoms with van der Waals surface area (Å²) in [6.45, 7) is 0. The Bertz CT molecular complexity index is 3010. The van der Waals surface area contributed by atoms with E-state index >= 15 is 0 Å². The highest BCUT2D eigenvalue weighted by Crippen LogP contribution is 2.64. The molecule has 8 aromatic carbocycles. The van der Waals surface area contributed by atoms with Crippen LogP contribution in [0.4, 0.5) is 0 Å². The number of benzene rings is 8. The number of aromatic nitrogens is 2. The number of hydrogen-bond acceptors (Lipinski definition) is 3. The molecule has 0 radical (unpaired) electrons. The van der Waals surface area contributed by atoms with E-state index in [2.05, 4.69) is 182 Å². The summed E-state index contributed by atoms with van der Waals surface area (Å²) in [5, 5.41) is 12.5. The van der Waals surface area contributed by atoms with Crippen LogP contribution in [0.15, 0.2) is 188 Å². The molecule has 0 fully saturated rings. The van der Waals surface area contributed by atoms with Crippen molar-refractivity contribution in [2.45, 2.75) is 5.41 Å². The maximum atomic E-state index is 10.1. The van der Waals surface area contributed by atoms with E-state index in [-0.39, 0.29) is 0 Å². The van der Waals surface area contributed by atoms with Crippen molar-refractivity contribution < 1.29 is 0 Å². The van der Waals surface area contributed by atoms with E-state index in [0.717, 1.165) is 55.7 Å². The Balaban J connectivity index is 1.14. The first kappa shape index (κ1) is 31.1. The van der Waals surface area contributed by atoms with Crippen molar-refractivity contribution in [3.05, 3.63) is 216 Å². The first-order chi connectivity index (χ1) is 27.2. The second-order valence-corrected chi connectivity index (χ2v) is 14.4. The molecular formula is C52H31N3. The molecule has 0 saturated carbocycles. The maximum Gasteiger partial charge on any atom is 0.160 e. The number of nitrogens with zero attached hydrogens (tertiary/aromatic N) is 3. The van der Waals surface area contributed by atoms with Crippen molar-refractivity contribution in [2.75, 3.05) is 0 Å². The van der Waals surface area contributed by atoms with E-state index in [0.29, 0.717) is 11.4 Å². The Hall–Kier alpha value is -7.41. The topological polar surface area (TPSA) is 49.6 Å². The number of fused-ring (bicyclic) bond motifs is 11. The quantitative estimate of drug-likeness (QED) is 0.184. The minimum Gasteiger partial charge on any atom is -0.228 e. The maximum absolute atomic E-state index is 10.1. The third kappa shape index (κ3) is 4.56. The van der Waals surface area contributed by atoms with E-state index in [1.165, 1.54) is 38.8 Å². The fourth-order valence-corrected chi connectivity index (χ4v) is 9.25. The molecule has 9 aromatic rings. The molecule has 0 amide bonds. The molecule has 254 valence electrons. The summed E-state index contributed by atoms with van der Waals surface area (Å²) < 4.78 is 0. The van der Waals surface area contributed by atoms with Crippen LogP contribution in [0.25, 0.3) is 78.1 Å². The number of nitriles is 1. The zero-order valence-corrected chi connectivity index (χ0v) is 29.7. The molecule has 0 unspecified atom stereocenters.